The molecular weight excluding hydrogens is 525 g/mol. The molecule has 2 amide bonds. The lowest BCUT2D eigenvalue weighted by atomic mass is 9.98. The number of alkyl carbamates (subject to hydrolysis) is 1. The van der Waals surface area contributed by atoms with Crippen molar-refractivity contribution in [1.29, 1.82) is 0 Å². The topological polar surface area (TPSA) is 95.5 Å². The number of carbonyl (C=O) groups is 2. The Kier molecular flexibility index (Phi) is 10.8. The summed E-state index contributed by atoms with van der Waals surface area (Å²) in [5, 5.41) is 6.40. The van der Waals surface area contributed by atoms with E-state index in [1.54, 1.807) is 11.9 Å². The van der Waals surface area contributed by atoms with Crippen LogP contribution in [0.15, 0.2) is 4.99 Å². The fourth-order valence-electron chi connectivity index (χ4n) is 3.84. The first-order valence-electron chi connectivity index (χ1n) is 11.3. The summed E-state index contributed by atoms with van der Waals surface area (Å²) < 4.78 is 10.9. The van der Waals surface area contributed by atoms with E-state index in [1.807, 2.05) is 41.5 Å². The highest BCUT2D eigenvalue weighted by Crippen LogP contribution is 2.19. The molecule has 2 rings (SSSR count). The van der Waals surface area contributed by atoms with Gasteiger partial charge in [-0.05, 0) is 66.7 Å². The second-order valence-electron chi connectivity index (χ2n) is 10.4. The lowest BCUT2D eigenvalue weighted by molar-refractivity contribution is 0.0168. The van der Waals surface area contributed by atoms with E-state index in [9.17, 15) is 9.59 Å². The van der Waals surface area contributed by atoms with Crippen molar-refractivity contribution in [3.05, 3.63) is 0 Å². The molecule has 0 aromatic heterocycles. The first kappa shape index (κ1) is 28.6. The summed E-state index contributed by atoms with van der Waals surface area (Å²) in [7, 11) is 1.77. The zero-order chi connectivity index (χ0) is 23.2. The van der Waals surface area contributed by atoms with Gasteiger partial charge < -0.3 is 29.9 Å². The molecule has 32 heavy (non-hydrogen) atoms. The Bertz CT molecular complexity index is 660. The van der Waals surface area contributed by atoms with E-state index in [0.29, 0.717) is 19.0 Å². The monoisotopic (exact) mass is 567 g/mol. The molecule has 2 atom stereocenters. The van der Waals surface area contributed by atoms with Crippen molar-refractivity contribution in [2.24, 2.45) is 10.9 Å². The molecule has 186 valence electrons. The number of amides is 2. The summed E-state index contributed by atoms with van der Waals surface area (Å²) in [5.74, 6) is 1.17. The van der Waals surface area contributed by atoms with Crippen LogP contribution in [0.1, 0.15) is 60.8 Å². The minimum Gasteiger partial charge on any atom is -0.444 e. The van der Waals surface area contributed by atoms with Crippen LogP contribution in [0, 0.1) is 5.92 Å². The van der Waals surface area contributed by atoms with Crippen molar-refractivity contribution in [1.82, 2.24) is 20.4 Å². The average molecular weight is 568 g/mol. The van der Waals surface area contributed by atoms with Gasteiger partial charge in [0.15, 0.2) is 5.96 Å². The Labute approximate surface area is 210 Å². The fourth-order valence-corrected chi connectivity index (χ4v) is 3.84. The molecule has 0 spiro atoms. The van der Waals surface area contributed by atoms with Crippen LogP contribution in [-0.2, 0) is 9.47 Å². The highest BCUT2D eigenvalue weighted by atomic mass is 127. The van der Waals surface area contributed by atoms with Crippen LogP contribution in [0.3, 0.4) is 0 Å². The number of aliphatic imine (C=N–C) groups is 1. The van der Waals surface area contributed by atoms with E-state index in [-0.39, 0.29) is 42.2 Å². The van der Waals surface area contributed by atoms with Gasteiger partial charge in [0, 0.05) is 39.8 Å². The molecule has 2 aliphatic rings. The van der Waals surface area contributed by atoms with Gasteiger partial charge in [-0.2, -0.15) is 0 Å². The largest absolute Gasteiger partial charge is 0.444 e. The highest BCUT2D eigenvalue weighted by Gasteiger charge is 2.30. The number of rotatable bonds is 3. The summed E-state index contributed by atoms with van der Waals surface area (Å²) in [5.41, 5.74) is -0.989. The Hall–Kier alpha value is -1.46. The third-order valence-corrected chi connectivity index (χ3v) is 5.14. The maximum atomic E-state index is 12.4. The molecule has 2 fully saturated rings. The van der Waals surface area contributed by atoms with Gasteiger partial charge in [0.2, 0.25) is 0 Å². The number of likely N-dealkylation sites (tertiary alicyclic amines) is 2. The molecule has 9 nitrogen and oxygen atoms in total. The lowest BCUT2D eigenvalue weighted by Gasteiger charge is -2.34. The number of guanidine groups is 1. The van der Waals surface area contributed by atoms with Crippen molar-refractivity contribution in [3.8, 4) is 0 Å². The standard InChI is InChI=1S/C22H41N5O4.HI/c1-21(2,3)30-19(28)25-17-10-12-26(15-17)18(23-7)24-13-16-9-8-11-27(14-16)20(29)31-22(4,5)6;/h16-17H,8-15H2,1-7H3,(H,23,24)(H,25,28);1H. The van der Waals surface area contributed by atoms with E-state index in [4.69, 9.17) is 9.47 Å². The van der Waals surface area contributed by atoms with Crippen molar-refractivity contribution >= 4 is 42.1 Å². The van der Waals surface area contributed by atoms with Gasteiger partial charge in [-0.3, -0.25) is 4.99 Å². The molecule has 0 aromatic carbocycles. The quantitative estimate of drug-likeness (QED) is 0.309. The van der Waals surface area contributed by atoms with E-state index in [2.05, 4.69) is 20.5 Å². The van der Waals surface area contributed by atoms with Crippen LogP contribution in [0.25, 0.3) is 0 Å². The molecule has 0 aliphatic carbocycles. The van der Waals surface area contributed by atoms with Crippen molar-refractivity contribution in [2.45, 2.75) is 78.0 Å². The first-order chi connectivity index (χ1) is 14.4. The number of carbonyl (C=O) groups excluding carboxylic acids is 2. The molecule has 2 N–H and O–H groups in total. The average Bonchev–Trinajstić information content (AvgIpc) is 3.07. The van der Waals surface area contributed by atoms with Gasteiger partial charge in [0.1, 0.15) is 11.2 Å². The molecule has 0 saturated carbocycles. The third-order valence-electron chi connectivity index (χ3n) is 5.14. The van der Waals surface area contributed by atoms with Crippen molar-refractivity contribution in [3.63, 3.8) is 0 Å². The first-order valence-corrected chi connectivity index (χ1v) is 11.3. The van der Waals surface area contributed by atoms with Crippen LogP contribution in [0.4, 0.5) is 9.59 Å². The predicted molar refractivity (Wildman–Crippen MR) is 137 cm³/mol. The Morgan fingerprint density at radius 1 is 0.969 bits per heavy atom. The molecular formula is C22H42IN5O4. The van der Waals surface area contributed by atoms with Gasteiger partial charge in [-0.15, -0.1) is 24.0 Å². The predicted octanol–water partition coefficient (Wildman–Crippen LogP) is 3.43. The van der Waals surface area contributed by atoms with Gasteiger partial charge >= 0.3 is 12.2 Å². The van der Waals surface area contributed by atoms with E-state index < -0.39 is 11.2 Å². The molecule has 2 unspecified atom stereocenters. The summed E-state index contributed by atoms with van der Waals surface area (Å²) in [6.45, 7) is 14.9. The summed E-state index contributed by atoms with van der Waals surface area (Å²) in [4.78, 5) is 32.8. The maximum absolute atomic E-state index is 12.4. The number of piperidine rings is 1. The van der Waals surface area contributed by atoms with Crippen LogP contribution in [-0.4, -0.2) is 85.0 Å². The van der Waals surface area contributed by atoms with Crippen LogP contribution < -0.4 is 10.6 Å². The lowest BCUT2D eigenvalue weighted by Crippen LogP contribution is -2.48. The summed E-state index contributed by atoms with van der Waals surface area (Å²) in [6, 6.07) is 0.0331. The van der Waals surface area contributed by atoms with Gasteiger partial charge in [-0.1, -0.05) is 0 Å². The van der Waals surface area contributed by atoms with Crippen LogP contribution >= 0.6 is 24.0 Å². The zero-order valence-corrected chi connectivity index (χ0v) is 23.0. The SMILES string of the molecule is CN=C(NCC1CCCN(C(=O)OC(C)(C)C)C1)N1CCC(NC(=O)OC(C)(C)C)C1.I. The smallest absolute Gasteiger partial charge is 0.410 e. The van der Waals surface area contributed by atoms with Gasteiger partial charge in [-0.25, -0.2) is 9.59 Å². The normalized spacial score (nSPS) is 22.2. The second-order valence-corrected chi connectivity index (χ2v) is 10.4. The zero-order valence-electron chi connectivity index (χ0n) is 20.7. The van der Waals surface area contributed by atoms with Gasteiger partial charge in [0.05, 0.1) is 6.04 Å². The molecule has 2 saturated heterocycles. The second kappa shape index (κ2) is 12.1. The molecule has 10 heteroatoms. The maximum Gasteiger partial charge on any atom is 0.410 e. The summed E-state index contributed by atoms with van der Waals surface area (Å²) >= 11 is 0. The Morgan fingerprint density at radius 3 is 2.22 bits per heavy atom. The Balaban J connectivity index is 0.00000512. The van der Waals surface area contributed by atoms with Crippen LogP contribution in [0.2, 0.25) is 0 Å². The number of ether oxygens (including phenoxy) is 2. The molecule has 0 bridgehead atoms. The minimum absolute atomic E-state index is 0. The number of hydrogen-bond donors (Lipinski definition) is 2. The minimum atomic E-state index is -0.507. The highest BCUT2D eigenvalue weighted by molar-refractivity contribution is 14.0. The number of halogens is 1. The van der Waals surface area contributed by atoms with Crippen molar-refractivity contribution < 1.29 is 19.1 Å². The number of hydrogen-bond acceptors (Lipinski definition) is 5. The molecule has 2 heterocycles. The molecule has 0 aromatic rings. The molecule has 0 radical (unpaired) electrons. The van der Waals surface area contributed by atoms with E-state index in [0.717, 1.165) is 44.9 Å². The molecule has 2 aliphatic heterocycles. The van der Waals surface area contributed by atoms with Crippen molar-refractivity contribution in [2.75, 3.05) is 39.8 Å². The van der Waals surface area contributed by atoms with Gasteiger partial charge in [0.25, 0.3) is 0 Å². The van der Waals surface area contributed by atoms with E-state index in [1.165, 1.54) is 0 Å². The number of nitrogens with one attached hydrogen (secondary N) is 2. The van der Waals surface area contributed by atoms with Crippen LogP contribution in [0.5, 0.6) is 0 Å². The Morgan fingerprint density at radius 2 is 1.62 bits per heavy atom. The number of nitrogens with zero attached hydrogens (tertiary/aromatic N) is 3. The summed E-state index contributed by atoms with van der Waals surface area (Å²) in [6.07, 6.45) is 2.25. The van der Waals surface area contributed by atoms with E-state index >= 15 is 0 Å². The fraction of sp³-hybridized carbons (Fsp3) is 0.864. The third kappa shape index (κ3) is 9.99.